The Hall–Kier alpha value is -1.37. The van der Waals surface area contributed by atoms with Crippen molar-refractivity contribution >= 4 is 12.4 Å². The molecule has 0 N–H and O–H groups in total. The molecule has 1 nitrogen and oxygen atoms in total. The standard InChI is InChI=1S/C12H15N/c1-4-5-11-6-8-12(9-7-11)10(2)13-3/h6-9H,2-5H2,1H3. The molecule has 1 rings (SSSR count). The predicted octanol–water partition coefficient (Wildman–Crippen LogP) is 3.31. The summed E-state index contributed by atoms with van der Waals surface area (Å²) in [5.41, 5.74) is 3.15. The average Bonchev–Trinajstić information content (AvgIpc) is 2.18. The van der Waals surface area contributed by atoms with E-state index >= 15 is 0 Å². The second-order valence-corrected chi connectivity index (χ2v) is 3.05. The zero-order valence-electron chi connectivity index (χ0n) is 8.09. The monoisotopic (exact) mass is 173 g/mol. The number of nitrogens with zero attached hydrogens (tertiary/aromatic N) is 1. The van der Waals surface area contributed by atoms with Crippen LogP contribution >= 0.6 is 0 Å². The van der Waals surface area contributed by atoms with Crippen LogP contribution in [0.25, 0.3) is 5.70 Å². The SMILES string of the molecule is C=NC(=C)c1ccc(CCC)cc1. The lowest BCUT2D eigenvalue weighted by atomic mass is 10.1. The zero-order valence-corrected chi connectivity index (χ0v) is 8.09. The minimum absolute atomic E-state index is 0.739. The summed E-state index contributed by atoms with van der Waals surface area (Å²) in [5.74, 6) is 0. The first-order valence-corrected chi connectivity index (χ1v) is 4.53. The second kappa shape index (κ2) is 4.61. The van der Waals surface area contributed by atoms with Gasteiger partial charge in [0.15, 0.2) is 0 Å². The first-order chi connectivity index (χ1) is 6.27. The largest absolute Gasteiger partial charge is 0.265 e. The molecular formula is C12H15N. The van der Waals surface area contributed by atoms with Crippen LogP contribution in [0.5, 0.6) is 0 Å². The number of aliphatic imine (C=N–C) groups is 1. The highest BCUT2D eigenvalue weighted by Gasteiger charge is 1.95. The maximum absolute atomic E-state index is 3.79. The Morgan fingerprint density at radius 1 is 1.31 bits per heavy atom. The third-order valence-electron chi connectivity index (χ3n) is 2.02. The van der Waals surface area contributed by atoms with Gasteiger partial charge in [-0.05, 0) is 24.3 Å². The number of rotatable bonds is 4. The predicted molar refractivity (Wildman–Crippen MR) is 59.0 cm³/mol. The van der Waals surface area contributed by atoms with Crippen LogP contribution in [0.1, 0.15) is 24.5 Å². The molecule has 0 radical (unpaired) electrons. The average molecular weight is 173 g/mol. The highest BCUT2D eigenvalue weighted by atomic mass is 14.7. The molecule has 0 bridgehead atoms. The van der Waals surface area contributed by atoms with Gasteiger partial charge in [0.05, 0.1) is 5.70 Å². The number of aryl methyl sites for hydroxylation is 1. The van der Waals surface area contributed by atoms with Gasteiger partial charge >= 0.3 is 0 Å². The Kier molecular flexibility index (Phi) is 3.44. The molecule has 1 heteroatoms. The van der Waals surface area contributed by atoms with Gasteiger partial charge in [0, 0.05) is 0 Å². The second-order valence-electron chi connectivity index (χ2n) is 3.05. The molecule has 1 aromatic rings. The molecule has 0 aromatic heterocycles. The van der Waals surface area contributed by atoms with Crippen LogP contribution in [-0.4, -0.2) is 6.72 Å². The lowest BCUT2D eigenvalue weighted by Gasteiger charge is -2.01. The van der Waals surface area contributed by atoms with E-state index in [9.17, 15) is 0 Å². The Morgan fingerprint density at radius 2 is 1.92 bits per heavy atom. The summed E-state index contributed by atoms with van der Waals surface area (Å²) in [6.07, 6.45) is 2.31. The van der Waals surface area contributed by atoms with Gasteiger partial charge in [-0.1, -0.05) is 44.2 Å². The maximum Gasteiger partial charge on any atom is 0.0622 e. The molecule has 0 aliphatic rings. The van der Waals surface area contributed by atoms with Gasteiger partial charge in [0.1, 0.15) is 0 Å². The minimum atomic E-state index is 0.739. The van der Waals surface area contributed by atoms with Gasteiger partial charge in [0.25, 0.3) is 0 Å². The van der Waals surface area contributed by atoms with Crippen molar-refractivity contribution in [2.75, 3.05) is 0 Å². The van der Waals surface area contributed by atoms with Crippen molar-refractivity contribution in [2.24, 2.45) is 4.99 Å². The van der Waals surface area contributed by atoms with Crippen molar-refractivity contribution in [2.45, 2.75) is 19.8 Å². The Bertz CT molecular complexity index is 295. The molecule has 0 spiro atoms. The van der Waals surface area contributed by atoms with Crippen molar-refractivity contribution in [1.82, 2.24) is 0 Å². The Morgan fingerprint density at radius 3 is 2.38 bits per heavy atom. The fourth-order valence-electron chi connectivity index (χ4n) is 1.24. The highest BCUT2D eigenvalue weighted by molar-refractivity contribution is 5.65. The molecule has 0 saturated heterocycles. The van der Waals surface area contributed by atoms with E-state index in [2.05, 4.69) is 37.3 Å². The van der Waals surface area contributed by atoms with Gasteiger partial charge < -0.3 is 0 Å². The smallest absolute Gasteiger partial charge is 0.0622 e. The fraction of sp³-hybridized carbons (Fsp3) is 0.250. The van der Waals surface area contributed by atoms with Crippen molar-refractivity contribution in [3.05, 3.63) is 42.0 Å². The summed E-state index contributed by atoms with van der Waals surface area (Å²) in [4.78, 5) is 3.79. The van der Waals surface area contributed by atoms with Gasteiger partial charge in [0.2, 0.25) is 0 Å². The van der Waals surface area contributed by atoms with Crippen LogP contribution in [0.15, 0.2) is 35.8 Å². The van der Waals surface area contributed by atoms with E-state index in [0.29, 0.717) is 0 Å². The summed E-state index contributed by atoms with van der Waals surface area (Å²) in [6, 6.07) is 8.33. The van der Waals surface area contributed by atoms with Crippen molar-refractivity contribution in [3.8, 4) is 0 Å². The summed E-state index contributed by atoms with van der Waals surface area (Å²) in [5, 5.41) is 0. The molecule has 0 atom stereocenters. The molecule has 0 aliphatic heterocycles. The molecule has 1 aromatic carbocycles. The van der Waals surface area contributed by atoms with E-state index in [1.165, 1.54) is 12.0 Å². The van der Waals surface area contributed by atoms with Crippen LogP contribution in [0.3, 0.4) is 0 Å². The number of hydrogen-bond donors (Lipinski definition) is 0. The van der Waals surface area contributed by atoms with Crippen LogP contribution in [0.2, 0.25) is 0 Å². The Balaban J connectivity index is 2.80. The highest BCUT2D eigenvalue weighted by Crippen LogP contribution is 2.14. The van der Waals surface area contributed by atoms with Gasteiger partial charge in [-0.3, -0.25) is 4.99 Å². The molecule has 0 unspecified atom stereocenters. The molecule has 13 heavy (non-hydrogen) atoms. The third-order valence-corrected chi connectivity index (χ3v) is 2.02. The van der Waals surface area contributed by atoms with Crippen molar-refractivity contribution in [3.63, 3.8) is 0 Å². The van der Waals surface area contributed by atoms with E-state index in [1.54, 1.807) is 0 Å². The van der Waals surface area contributed by atoms with Gasteiger partial charge in [-0.2, -0.15) is 0 Å². The van der Waals surface area contributed by atoms with Crippen molar-refractivity contribution < 1.29 is 0 Å². The summed E-state index contributed by atoms with van der Waals surface area (Å²) in [7, 11) is 0. The number of hydrogen-bond acceptors (Lipinski definition) is 1. The summed E-state index contributed by atoms with van der Waals surface area (Å²) < 4.78 is 0. The lowest BCUT2D eigenvalue weighted by molar-refractivity contribution is 0.922. The molecule has 0 aliphatic carbocycles. The van der Waals surface area contributed by atoms with Crippen LogP contribution in [-0.2, 0) is 6.42 Å². The van der Waals surface area contributed by atoms with E-state index < -0.39 is 0 Å². The molecule has 0 saturated carbocycles. The molecule has 68 valence electrons. The van der Waals surface area contributed by atoms with E-state index in [0.717, 1.165) is 17.7 Å². The van der Waals surface area contributed by atoms with Crippen LogP contribution in [0, 0.1) is 0 Å². The zero-order chi connectivity index (χ0) is 9.68. The molecular weight excluding hydrogens is 158 g/mol. The molecule has 0 heterocycles. The first kappa shape index (κ1) is 9.72. The van der Waals surface area contributed by atoms with E-state index in [1.807, 2.05) is 12.1 Å². The summed E-state index contributed by atoms with van der Waals surface area (Å²) in [6.45, 7) is 9.41. The van der Waals surface area contributed by atoms with Crippen LogP contribution in [0.4, 0.5) is 0 Å². The topological polar surface area (TPSA) is 12.4 Å². The minimum Gasteiger partial charge on any atom is -0.265 e. The van der Waals surface area contributed by atoms with E-state index in [-0.39, 0.29) is 0 Å². The lowest BCUT2D eigenvalue weighted by Crippen LogP contribution is -1.84. The first-order valence-electron chi connectivity index (χ1n) is 4.53. The van der Waals surface area contributed by atoms with Gasteiger partial charge in [-0.25, -0.2) is 0 Å². The quantitative estimate of drug-likeness (QED) is 0.619. The number of benzene rings is 1. The van der Waals surface area contributed by atoms with Crippen molar-refractivity contribution in [1.29, 1.82) is 0 Å². The third kappa shape index (κ3) is 2.55. The fourth-order valence-corrected chi connectivity index (χ4v) is 1.24. The molecule has 0 fully saturated rings. The van der Waals surface area contributed by atoms with E-state index in [4.69, 9.17) is 0 Å². The normalized spacial score (nSPS) is 9.62. The van der Waals surface area contributed by atoms with Crippen LogP contribution < -0.4 is 0 Å². The Labute approximate surface area is 79.8 Å². The maximum atomic E-state index is 3.79. The molecule has 0 amide bonds. The summed E-state index contributed by atoms with van der Waals surface area (Å²) >= 11 is 0. The van der Waals surface area contributed by atoms with Gasteiger partial charge in [-0.15, -0.1) is 0 Å².